The van der Waals surface area contributed by atoms with Crippen LogP contribution < -0.4 is 0 Å². The molecule has 2 heterocycles. The third-order valence-corrected chi connectivity index (χ3v) is 10.2. The number of carbonyl (C=O) groups excluding carboxylic acids is 3. The fourth-order valence-electron chi connectivity index (χ4n) is 8.02. The molecule has 0 aromatic heterocycles. The van der Waals surface area contributed by atoms with Gasteiger partial charge in [0.1, 0.15) is 23.7 Å². The van der Waals surface area contributed by atoms with Gasteiger partial charge in [0.25, 0.3) is 0 Å². The summed E-state index contributed by atoms with van der Waals surface area (Å²) in [5, 5.41) is 0. The lowest BCUT2D eigenvalue weighted by atomic mass is 9.75. The average Bonchev–Trinajstić information content (AvgIpc) is 3.39. The maximum absolute atomic E-state index is 14.0. The van der Waals surface area contributed by atoms with E-state index in [4.69, 9.17) is 14.2 Å². The Bertz CT molecular complexity index is 996. The second kappa shape index (κ2) is 12.7. The summed E-state index contributed by atoms with van der Waals surface area (Å²) in [5.41, 5.74) is -0.0125. The molecule has 2 aliphatic carbocycles. The van der Waals surface area contributed by atoms with E-state index in [1.54, 1.807) is 4.90 Å². The normalized spacial score (nSPS) is 36.6. The molecule has 0 radical (unpaired) electrons. The van der Waals surface area contributed by atoms with Gasteiger partial charge in [0, 0.05) is 6.08 Å². The molecule has 9 atom stereocenters. The van der Waals surface area contributed by atoms with Crippen LogP contribution >= 0.6 is 0 Å². The highest BCUT2D eigenvalue weighted by atomic mass is 16.6. The molecular weight excluding hydrogens is 518 g/mol. The fourth-order valence-corrected chi connectivity index (χ4v) is 8.02. The highest BCUT2D eigenvalue weighted by Gasteiger charge is 2.57. The quantitative estimate of drug-likeness (QED) is 0.188. The second-order valence-corrected chi connectivity index (χ2v) is 15.3. The van der Waals surface area contributed by atoms with Gasteiger partial charge in [-0.15, -0.1) is 0 Å². The zero-order valence-corrected chi connectivity index (χ0v) is 27.0. The minimum absolute atomic E-state index is 0.135. The largest absolute Gasteiger partial charge is 0.462 e. The van der Waals surface area contributed by atoms with Crippen molar-refractivity contribution in [2.45, 2.75) is 144 Å². The molecule has 41 heavy (non-hydrogen) atoms. The number of hydrogen-bond donors (Lipinski definition) is 0. The van der Waals surface area contributed by atoms with Crippen molar-refractivity contribution in [3.63, 3.8) is 0 Å². The highest BCUT2D eigenvalue weighted by molar-refractivity contribution is 5.88. The first kappa shape index (κ1) is 31.9. The Hall–Kier alpha value is -2.05. The zero-order chi connectivity index (χ0) is 30.2. The van der Waals surface area contributed by atoms with E-state index in [0.29, 0.717) is 53.9 Å². The van der Waals surface area contributed by atoms with E-state index >= 15 is 0 Å². The van der Waals surface area contributed by atoms with Crippen molar-refractivity contribution in [1.82, 2.24) is 4.90 Å². The smallest absolute Gasteiger partial charge is 0.411 e. The summed E-state index contributed by atoms with van der Waals surface area (Å²) >= 11 is 0. The molecule has 232 valence electrons. The van der Waals surface area contributed by atoms with Gasteiger partial charge in [0.2, 0.25) is 0 Å². The van der Waals surface area contributed by atoms with Gasteiger partial charge in [-0.1, -0.05) is 54.4 Å². The molecule has 2 saturated carbocycles. The van der Waals surface area contributed by atoms with Gasteiger partial charge in [-0.25, -0.2) is 9.59 Å². The minimum atomic E-state index is -0.676. The molecule has 0 N–H and O–H groups in total. The molecule has 2 bridgehead atoms. The molecule has 4 fully saturated rings. The van der Waals surface area contributed by atoms with Gasteiger partial charge in [-0.2, -0.15) is 0 Å². The van der Waals surface area contributed by atoms with E-state index in [9.17, 15) is 14.4 Å². The van der Waals surface area contributed by atoms with E-state index in [0.717, 1.165) is 38.5 Å². The molecule has 7 nitrogen and oxygen atoms in total. The van der Waals surface area contributed by atoms with Crippen molar-refractivity contribution >= 4 is 18.0 Å². The molecule has 4 rings (SSSR count). The summed E-state index contributed by atoms with van der Waals surface area (Å²) in [6.07, 6.45) is 8.27. The number of esters is 2. The van der Waals surface area contributed by atoms with Crippen LogP contribution in [0.15, 0.2) is 11.6 Å². The standard InChI is InChI=1S/C34H55NO6/c1-19(2)23-12-10-21(5)16-28(23)39-30(36)18-25-26-14-15-27(35(26)33(38)41-34(7,8)9)31(25)32(37)40-29-17-22(6)11-13-24(29)20(3)4/h18-24,26-29,31H,10-17H2,1-9H3/b25-18+/t21?,22-,23?,24-,26-,27?,28?,29+,31?/m1/s1. The first-order valence-corrected chi connectivity index (χ1v) is 16.3. The van der Waals surface area contributed by atoms with Crippen molar-refractivity contribution in [2.24, 2.45) is 41.4 Å². The monoisotopic (exact) mass is 573 g/mol. The first-order chi connectivity index (χ1) is 19.2. The van der Waals surface area contributed by atoms with Crippen LogP contribution in [0.5, 0.6) is 0 Å². The predicted molar refractivity (Wildman–Crippen MR) is 159 cm³/mol. The summed E-state index contributed by atoms with van der Waals surface area (Å²) < 4.78 is 18.2. The van der Waals surface area contributed by atoms with E-state index in [1.807, 2.05) is 20.8 Å². The summed E-state index contributed by atoms with van der Waals surface area (Å²) in [5.74, 6) is 1.08. The number of ether oxygens (including phenoxy) is 3. The van der Waals surface area contributed by atoms with E-state index in [1.165, 1.54) is 6.08 Å². The summed E-state index contributed by atoms with van der Waals surface area (Å²) in [6, 6.07) is -0.740. The lowest BCUT2D eigenvalue weighted by Gasteiger charge is -2.37. The van der Waals surface area contributed by atoms with Gasteiger partial charge in [-0.3, -0.25) is 9.69 Å². The molecule has 7 heteroatoms. The number of fused-ring (bicyclic) bond motifs is 2. The Morgan fingerprint density at radius 1 is 0.805 bits per heavy atom. The van der Waals surface area contributed by atoms with Crippen molar-refractivity contribution in [3.05, 3.63) is 11.6 Å². The number of hydrogen-bond acceptors (Lipinski definition) is 6. The average molecular weight is 574 g/mol. The number of carbonyl (C=O) groups is 3. The van der Waals surface area contributed by atoms with Crippen LogP contribution in [0.3, 0.4) is 0 Å². The molecule has 2 aliphatic heterocycles. The molecule has 0 aromatic carbocycles. The van der Waals surface area contributed by atoms with Crippen LogP contribution in [0.1, 0.15) is 114 Å². The lowest BCUT2D eigenvalue weighted by molar-refractivity contribution is -0.160. The molecule has 4 aliphatic rings. The molecule has 5 unspecified atom stereocenters. The van der Waals surface area contributed by atoms with Crippen LogP contribution in [0.25, 0.3) is 0 Å². The molecule has 0 aromatic rings. The van der Waals surface area contributed by atoms with Crippen LogP contribution in [0, 0.1) is 41.4 Å². The minimum Gasteiger partial charge on any atom is -0.462 e. The SMILES string of the molecule is CC1CCC(C(C)C)C(OC(=O)/C=C2/C(C(=O)O[C@H]3C[C@H](C)CC[C@@H]3C(C)C)C3CC[C@H]2N3C(=O)OC(C)(C)C)C1. The Kier molecular flexibility index (Phi) is 9.85. The summed E-state index contributed by atoms with van der Waals surface area (Å²) in [6.45, 7) is 18.7. The predicted octanol–water partition coefficient (Wildman–Crippen LogP) is 7.32. The fraction of sp³-hybridized carbons (Fsp3) is 0.853. The highest BCUT2D eigenvalue weighted by Crippen LogP contribution is 2.48. The van der Waals surface area contributed by atoms with Crippen molar-refractivity contribution in [3.8, 4) is 0 Å². The van der Waals surface area contributed by atoms with Gasteiger partial charge < -0.3 is 14.2 Å². The third-order valence-electron chi connectivity index (χ3n) is 10.2. The maximum Gasteiger partial charge on any atom is 0.411 e. The number of amides is 1. The van der Waals surface area contributed by atoms with Crippen LogP contribution in [-0.4, -0.2) is 52.8 Å². The van der Waals surface area contributed by atoms with Gasteiger partial charge >= 0.3 is 18.0 Å². The number of nitrogens with zero attached hydrogens (tertiary/aromatic N) is 1. The van der Waals surface area contributed by atoms with Gasteiger partial charge in [-0.05, 0) is 100 Å². The van der Waals surface area contributed by atoms with Gasteiger partial charge in [0.05, 0.1) is 12.1 Å². The van der Waals surface area contributed by atoms with Crippen molar-refractivity contribution < 1.29 is 28.6 Å². The maximum atomic E-state index is 14.0. The van der Waals surface area contributed by atoms with E-state index in [2.05, 4.69) is 41.5 Å². The summed E-state index contributed by atoms with van der Waals surface area (Å²) in [7, 11) is 0. The van der Waals surface area contributed by atoms with Crippen LogP contribution in [0.4, 0.5) is 4.79 Å². The van der Waals surface area contributed by atoms with Crippen molar-refractivity contribution in [2.75, 3.05) is 0 Å². The topological polar surface area (TPSA) is 82.1 Å². The Balaban J connectivity index is 1.60. The number of rotatable bonds is 6. The van der Waals surface area contributed by atoms with Gasteiger partial charge in [0.15, 0.2) is 0 Å². The molecule has 1 amide bonds. The molecule has 2 saturated heterocycles. The Labute approximate surface area is 248 Å². The molecular formula is C34H55NO6. The van der Waals surface area contributed by atoms with Crippen LogP contribution in [0.2, 0.25) is 0 Å². The van der Waals surface area contributed by atoms with E-state index in [-0.39, 0.29) is 30.3 Å². The zero-order valence-electron chi connectivity index (χ0n) is 27.0. The van der Waals surface area contributed by atoms with E-state index < -0.39 is 23.6 Å². The van der Waals surface area contributed by atoms with Crippen molar-refractivity contribution in [1.29, 1.82) is 0 Å². The molecule has 0 spiro atoms. The van der Waals surface area contributed by atoms with Crippen LogP contribution in [-0.2, 0) is 23.8 Å². The third kappa shape index (κ3) is 7.30. The Morgan fingerprint density at radius 3 is 1.85 bits per heavy atom. The second-order valence-electron chi connectivity index (χ2n) is 15.3. The lowest BCUT2D eigenvalue weighted by Crippen LogP contribution is -2.43. The first-order valence-electron chi connectivity index (χ1n) is 16.3. The Morgan fingerprint density at radius 2 is 1.34 bits per heavy atom. The summed E-state index contributed by atoms with van der Waals surface area (Å²) in [4.78, 5) is 42.6.